The number of anilines is 2. The number of pyridine rings is 1. The van der Waals surface area contributed by atoms with Crippen LogP contribution in [0.3, 0.4) is 0 Å². The van der Waals surface area contributed by atoms with Crippen LogP contribution in [-0.4, -0.2) is 17.3 Å². The molecule has 12 heteroatoms. The molecular formula is C22H14F4N4O4. The van der Waals surface area contributed by atoms with E-state index in [1.165, 1.54) is 12.3 Å². The Bertz CT molecular complexity index is 1310. The van der Waals surface area contributed by atoms with Crippen molar-refractivity contribution >= 4 is 17.4 Å². The molecule has 1 aliphatic rings. The van der Waals surface area contributed by atoms with E-state index < -0.39 is 29.7 Å². The van der Waals surface area contributed by atoms with Crippen molar-refractivity contribution in [1.82, 2.24) is 4.98 Å². The molecule has 0 saturated carbocycles. The number of fused-ring (bicyclic) bond motifs is 1. The van der Waals surface area contributed by atoms with E-state index in [4.69, 9.17) is 10.00 Å². The summed E-state index contributed by atoms with van der Waals surface area (Å²) in [4.78, 5) is 16.2. The normalized spacial score (nSPS) is 15.3. The lowest BCUT2D eigenvalue weighted by Crippen LogP contribution is -2.41. The van der Waals surface area contributed by atoms with Gasteiger partial charge in [-0.2, -0.15) is 14.0 Å². The summed E-state index contributed by atoms with van der Waals surface area (Å²) in [7, 11) is 0. The molecule has 4 rings (SSSR count). The Morgan fingerprint density at radius 1 is 1.06 bits per heavy atom. The lowest BCUT2D eigenvalue weighted by atomic mass is 10.1. The van der Waals surface area contributed by atoms with Crippen molar-refractivity contribution in [1.29, 1.82) is 5.26 Å². The van der Waals surface area contributed by atoms with Gasteiger partial charge in [0.15, 0.2) is 0 Å². The number of nitrogens with zero attached hydrogens (tertiary/aromatic N) is 2. The Hall–Kier alpha value is -4.37. The van der Waals surface area contributed by atoms with Crippen molar-refractivity contribution in [3.8, 4) is 23.3 Å². The van der Waals surface area contributed by atoms with Gasteiger partial charge >= 0.3 is 18.4 Å². The van der Waals surface area contributed by atoms with Gasteiger partial charge in [0.2, 0.25) is 0 Å². The van der Waals surface area contributed by atoms with Gasteiger partial charge < -0.3 is 20.1 Å². The number of halogens is 4. The minimum atomic E-state index is -4.48. The lowest BCUT2D eigenvalue weighted by molar-refractivity contribution is -0.461. The zero-order valence-electron chi connectivity index (χ0n) is 17.2. The summed E-state index contributed by atoms with van der Waals surface area (Å²) in [6.45, 7) is 1.73. The van der Waals surface area contributed by atoms with E-state index in [1.54, 1.807) is 31.2 Å². The zero-order chi connectivity index (χ0) is 24.5. The van der Waals surface area contributed by atoms with E-state index in [0.29, 0.717) is 22.7 Å². The SMILES string of the molecule is Cc1cc(NC(=O)Nc2ccc3c(c2)C(F)(F)OC(F)(F)O3)ccc1Oc1ccnc(C#N)c1. The molecule has 34 heavy (non-hydrogen) atoms. The first-order chi connectivity index (χ1) is 16.0. The molecule has 0 atom stereocenters. The molecule has 2 amide bonds. The van der Waals surface area contributed by atoms with Crippen molar-refractivity contribution in [3.63, 3.8) is 0 Å². The number of rotatable bonds is 4. The van der Waals surface area contributed by atoms with Crippen LogP contribution in [0.1, 0.15) is 16.8 Å². The van der Waals surface area contributed by atoms with E-state index >= 15 is 0 Å². The van der Waals surface area contributed by atoms with Gasteiger partial charge in [0.05, 0.1) is 5.56 Å². The summed E-state index contributed by atoms with van der Waals surface area (Å²) in [5.41, 5.74) is 0.151. The predicted molar refractivity (Wildman–Crippen MR) is 110 cm³/mol. The number of aryl methyl sites for hydroxylation is 1. The lowest BCUT2D eigenvalue weighted by Gasteiger charge is -2.30. The highest BCUT2D eigenvalue weighted by molar-refractivity contribution is 6.00. The number of aromatic nitrogens is 1. The first-order valence-corrected chi connectivity index (χ1v) is 9.57. The number of nitriles is 1. The van der Waals surface area contributed by atoms with Crippen molar-refractivity contribution in [2.24, 2.45) is 0 Å². The van der Waals surface area contributed by atoms with E-state index in [2.05, 4.69) is 25.1 Å². The quantitative estimate of drug-likeness (QED) is 0.470. The summed E-state index contributed by atoms with van der Waals surface area (Å²) in [6, 6.07) is 11.7. The maximum atomic E-state index is 13.9. The number of hydrogen-bond donors (Lipinski definition) is 2. The predicted octanol–water partition coefficient (Wildman–Crippen LogP) is 5.71. The van der Waals surface area contributed by atoms with Crippen LogP contribution >= 0.6 is 0 Å². The monoisotopic (exact) mass is 474 g/mol. The molecule has 0 unspecified atom stereocenters. The summed E-state index contributed by atoms with van der Waals surface area (Å²) < 4.78 is 67.2. The number of urea groups is 1. The molecular weight excluding hydrogens is 460 g/mol. The highest BCUT2D eigenvalue weighted by Gasteiger charge is 2.54. The van der Waals surface area contributed by atoms with Gasteiger partial charge in [-0.25, -0.2) is 14.5 Å². The average molecular weight is 474 g/mol. The first kappa shape index (κ1) is 22.8. The smallest absolute Gasteiger partial charge is 0.457 e. The fourth-order valence-corrected chi connectivity index (χ4v) is 3.08. The molecule has 0 radical (unpaired) electrons. The van der Waals surface area contributed by atoms with Crippen molar-refractivity contribution in [3.05, 3.63) is 71.5 Å². The molecule has 1 aliphatic heterocycles. The third-order valence-electron chi connectivity index (χ3n) is 4.53. The fraction of sp³-hybridized carbons (Fsp3) is 0.136. The molecule has 0 spiro atoms. The van der Waals surface area contributed by atoms with Crippen molar-refractivity contribution in [2.45, 2.75) is 19.3 Å². The fourth-order valence-electron chi connectivity index (χ4n) is 3.08. The molecule has 0 aliphatic carbocycles. The molecule has 2 aromatic carbocycles. The molecule has 0 fully saturated rings. The van der Waals surface area contributed by atoms with Gasteiger partial charge in [-0.1, -0.05) is 0 Å². The topological polar surface area (TPSA) is 106 Å². The Morgan fingerprint density at radius 3 is 2.47 bits per heavy atom. The van der Waals surface area contributed by atoms with Crippen LogP contribution < -0.4 is 20.1 Å². The van der Waals surface area contributed by atoms with Gasteiger partial charge in [0.25, 0.3) is 0 Å². The Balaban J connectivity index is 1.44. The highest BCUT2D eigenvalue weighted by atomic mass is 19.3. The molecule has 2 N–H and O–H groups in total. The van der Waals surface area contributed by atoms with Crippen LogP contribution in [0.5, 0.6) is 17.2 Å². The summed E-state index contributed by atoms with van der Waals surface area (Å²) in [5.74, 6) is 0.104. The summed E-state index contributed by atoms with van der Waals surface area (Å²) in [5, 5.41) is 13.8. The zero-order valence-corrected chi connectivity index (χ0v) is 17.2. The molecule has 3 aromatic rings. The van der Waals surface area contributed by atoms with Crippen molar-refractivity contribution in [2.75, 3.05) is 10.6 Å². The van der Waals surface area contributed by atoms with Gasteiger partial charge in [-0.3, -0.25) is 0 Å². The maximum Gasteiger partial charge on any atom is 0.540 e. The number of nitrogens with one attached hydrogen (secondary N) is 2. The van der Waals surface area contributed by atoms with Crippen LogP contribution in [0.15, 0.2) is 54.7 Å². The van der Waals surface area contributed by atoms with E-state index in [9.17, 15) is 22.4 Å². The first-order valence-electron chi connectivity index (χ1n) is 9.57. The molecule has 2 heterocycles. The summed E-state index contributed by atoms with van der Waals surface area (Å²) >= 11 is 0. The van der Waals surface area contributed by atoms with Crippen LogP contribution in [0.25, 0.3) is 0 Å². The minimum absolute atomic E-state index is 0.101. The molecule has 8 nitrogen and oxygen atoms in total. The molecule has 1 aromatic heterocycles. The minimum Gasteiger partial charge on any atom is -0.457 e. The molecule has 0 saturated heterocycles. The number of hydrogen-bond acceptors (Lipinski definition) is 6. The van der Waals surface area contributed by atoms with Crippen molar-refractivity contribution < 1.29 is 36.6 Å². The molecule has 174 valence electrons. The molecule has 0 bridgehead atoms. The van der Waals surface area contributed by atoms with Crippen LogP contribution in [0.4, 0.5) is 33.7 Å². The van der Waals surface area contributed by atoms with Crippen LogP contribution in [-0.2, 0) is 10.8 Å². The highest BCUT2D eigenvalue weighted by Crippen LogP contribution is 2.46. The maximum absolute atomic E-state index is 13.9. The van der Waals surface area contributed by atoms with Gasteiger partial charge in [-0.05, 0) is 55.0 Å². The number of alkyl halides is 4. The second-order valence-electron chi connectivity index (χ2n) is 7.05. The Labute approximate surface area is 189 Å². The second-order valence-corrected chi connectivity index (χ2v) is 7.05. The van der Waals surface area contributed by atoms with E-state index in [-0.39, 0.29) is 11.4 Å². The number of carbonyl (C=O) groups excluding carboxylic acids is 1. The van der Waals surface area contributed by atoms with Crippen LogP contribution in [0.2, 0.25) is 0 Å². The largest absolute Gasteiger partial charge is 0.540 e. The van der Waals surface area contributed by atoms with E-state index in [1.807, 2.05) is 6.07 Å². The third-order valence-corrected chi connectivity index (χ3v) is 4.53. The number of amides is 2. The number of carbonyl (C=O) groups is 1. The third kappa shape index (κ3) is 5.00. The van der Waals surface area contributed by atoms with Gasteiger partial charge in [0.1, 0.15) is 29.0 Å². The van der Waals surface area contributed by atoms with Gasteiger partial charge in [0, 0.05) is 23.6 Å². The Kier molecular flexibility index (Phi) is 5.72. The Morgan fingerprint density at radius 2 is 1.76 bits per heavy atom. The standard InChI is InChI=1S/C22H14F4N4O4/c1-12-8-13(2-4-18(12)32-16-6-7-28-15(9-16)11-27)29-20(31)30-14-3-5-19-17(10-14)21(23,24)34-22(25,26)33-19/h2-10H,1H3,(H2,29,30,31). The number of ether oxygens (including phenoxy) is 3. The summed E-state index contributed by atoms with van der Waals surface area (Å²) in [6.07, 6.45) is -7.36. The second kappa shape index (κ2) is 8.53. The van der Waals surface area contributed by atoms with E-state index in [0.717, 1.165) is 18.2 Å². The van der Waals surface area contributed by atoms with Gasteiger partial charge in [-0.15, -0.1) is 8.78 Å². The average Bonchev–Trinajstić information content (AvgIpc) is 2.75. The number of benzene rings is 2. The van der Waals surface area contributed by atoms with Crippen LogP contribution in [0, 0.1) is 18.3 Å².